The number of hydrogen-bond acceptors (Lipinski definition) is 3. The van der Waals surface area contributed by atoms with E-state index in [-0.39, 0.29) is 11.9 Å². The third kappa shape index (κ3) is 3.32. The summed E-state index contributed by atoms with van der Waals surface area (Å²) in [4.78, 5) is 12.7. The van der Waals surface area contributed by atoms with Crippen molar-refractivity contribution in [2.75, 3.05) is 0 Å². The SMILES string of the molecule is CC(N)C(=O)NC(c1cccs1)C(C)C. The quantitative estimate of drug-likeness (QED) is 0.824. The summed E-state index contributed by atoms with van der Waals surface area (Å²) >= 11 is 1.66. The van der Waals surface area contributed by atoms with Gasteiger partial charge in [0.25, 0.3) is 0 Å². The molecule has 0 aliphatic carbocycles. The summed E-state index contributed by atoms with van der Waals surface area (Å²) in [7, 11) is 0. The Morgan fingerprint density at radius 1 is 1.47 bits per heavy atom. The topological polar surface area (TPSA) is 55.1 Å². The molecule has 2 atom stereocenters. The van der Waals surface area contributed by atoms with Crippen molar-refractivity contribution in [1.29, 1.82) is 0 Å². The minimum Gasteiger partial charge on any atom is -0.347 e. The Hall–Kier alpha value is -0.870. The Balaban J connectivity index is 2.72. The van der Waals surface area contributed by atoms with Gasteiger partial charge >= 0.3 is 0 Å². The highest BCUT2D eigenvalue weighted by atomic mass is 32.1. The summed E-state index contributed by atoms with van der Waals surface area (Å²) in [5.74, 6) is 0.272. The molecule has 3 N–H and O–H groups in total. The molecule has 2 unspecified atom stereocenters. The summed E-state index contributed by atoms with van der Waals surface area (Å²) in [5.41, 5.74) is 5.53. The van der Waals surface area contributed by atoms with Gasteiger partial charge in [0.15, 0.2) is 0 Å². The number of carbonyl (C=O) groups is 1. The molecule has 1 amide bonds. The Kier molecular flexibility index (Phi) is 4.29. The minimum atomic E-state index is -0.453. The summed E-state index contributed by atoms with van der Waals surface area (Å²) in [6.07, 6.45) is 0. The van der Waals surface area contributed by atoms with E-state index in [1.165, 1.54) is 4.88 Å². The molecule has 0 aliphatic heterocycles. The van der Waals surface area contributed by atoms with Crippen molar-refractivity contribution in [3.8, 4) is 0 Å². The molecule has 1 aromatic heterocycles. The number of nitrogens with two attached hydrogens (primary N) is 1. The lowest BCUT2D eigenvalue weighted by atomic mass is 10.0. The Morgan fingerprint density at radius 2 is 2.13 bits per heavy atom. The lowest BCUT2D eigenvalue weighted by Gasteiger charge is -2.22. The predicted octanol–water partition coefficient (Wildman–Crippen LogP) is 1.91. The molecular formula is C11H18N2OS. The number of hydrogen-bond donors (Lipinski definition) is 2. The normalized spacial score (nSPS) is 15.0. The molecule has 0 aliphatic rings. The molecule has 1 heterocycles. The molecule has 0 spiro atoms. The van der Waals surface area contributed by atoms with Crippen LogP contribution < -0.4 is 11.1 Å². The van der Waals surface area contributed by atoms with Gasteiger partial charge in [-0.15, -0.1) is 11.3 Å². The van der Waals surface area contributed by atoms with E-state index in [1.54, 1.807) is 18.3 Å². The molecule has 3 nitrogen and oxygen atoms in total. The highest BCUT2D eigenvalue weighted by Gasteiger charge is 2.20. The maximum absolute atomic E-state index is 11.5. The average Bonchev–Trinajstić information content (AvgIpc) is 2.65. The number of thiophene rings is 1. The van der Waals surface area contributed by atoms with E-state index in [1.807, 2.05) is 17.5 Å². The highest BCUT2D eigenvalue weighted by molar-refractivity contribution is 7.10. The van der Waals surface area contributed by atoms with Crippen LogP contribution in [0.15, 0.2) is 17.5 Å². The summed E-state index contributed by atoms with van der Waals surface area (Å²) < 4.78 is 0. The Bertz CT molecular complexity index is 306. The second-order valence-corrected chi connectivity index (χ2v) is 5.01. The van der Waals surface area contributed by atoms with E-state index in [4.69, 9.17) is 5.73 Å². The molecule has 0 aromatic carbocycles. The van der Waals surface area contributed by atoms with E-state index in [2.05, 4.69) is 19.2 Å². The summed E-state index contributed by atoms with van der Waals surface area (Å²) in [6.45, 7) is 5.87. The molecule has 1 aromatic rings. The first-order chi connectivity index (χ1) is 7.02. The first kappa shape index (κ1) is 12.2. The fourth-order valence-corrected chi connectivity index (χ4v) is 2.27. The van der Waals surface area contributed by atoms with E-state index in [0.29, 0.717) is 5.92 Å². The fraction of sp³-hybridized carbons (Fsp3) is 0.545. The largest absolute Gasteiger partial charge is 0.347 e. The third-order valence-electron chi connectivity index (χ3n) is 2.23. The Morgan fingerprint density at radius 3 is 2.53 bits per heavy atom. The van der Waals surface area contributed by atoms with Crippen LogP contribution >= 0.6 is 11.3 Å². The number of amides is 1. The predicted molar refractivity (Wildman–Crippen MR) is 63.7 cm³/mol. The van der Waals surface area contributed by atoms with Crippen LogP contribution in [0, 0.1) is 5.92 Å². The average molecular weight is 226 g/mol. The van der Waals surface area contributed by atoms with Gasteiger partial charge in [-0.2, -0.15) is 0 Å². The van der Waals surface area contributed by atoms with Crippen LogP contribution in [0.5, 0.6) is 0 Å². The first-order valence-corrected chi connectivity index (χ1v) is 5.99. The lowest BCUT2D eigenvalue weighted by Crippen LogP contribution is -2.41. The molecule has 0 fully saturated rings. The standard InChI is InChI=1S/C11H18N2OS/c1-7(2)10(9-5-4-6-15-9)13-11(14)8(3)12/h4-8,10H,12H2,1-3H3,(H,13,14). The van der Waals surface area contributed by atoms with Crippen LogP contribution in [0.3, 0.4) is 0 Å². The first-order valence-electron chi connectivity index (χ1n) is 5.11. The van der Waals surface area contributed by atoms with Crippen LogP contribution in [0.1, 0.15) is 31.7 Å². The minimum absolute atomic E-state index is 0.0727. The second kappa shape index (κ2) is 5.28. The maximum atomic E-state index is 11.5. The smallest absolute Gasteiger partial charge is 0.237 e. The zero-order chi connectivity index (χ0) is 11.4. The highest BCUT2D eigenvalue weighted by Crippen LogP contribution is 2.25. The van der Waals surface area contributed by atoms with Crippen LogP contribution in [-0.2, 0) is 4.79 Å². The van der Waals surface area contributed by atoms with Crippen molar-refractivity contribution in [2.45, 2.75) is 32.9 Å². The molecule has 1 rings (SSSR count). The van der Waals surface area contributed by atoms with E-state index >= 15 is 0 Å². The van der Waals surface area contributed by atoms with Crippen LogP contribution in [0.25, 0.3) is 0 Å². The van der Waals surface area contributed by atoms with Crippen molar-refractivity contribution in [2.24, 2.45) is 11.7 Å². The molecule has 0 saturated carbocycles. The van der Waals surface area contributed by atoms with Gasteiger partial charge in [0.05, 0.1) is 12.1 Å². The summed E-state index contributed by atoms with van der Waals surface area (Å²) in [6, 6.07) is 3.65. The molecule has 0 radical (unpaired) electrons. The molecule has 0 saturated heterocycles. The molecular weight excluding hydrogens is 208 g/mol. The van der Waals surface area contributed by atoms with Crippen LogP contribution in [0.4, 0.5) is 0 Å². The van der Waals surface area contributed by atoms with Gasteiger partial charge in [-0.1, -0.05) is 19.9 Å². The van der Waals surface area contributed by atoms with Crippen molar-refractivity contribution >= 4 is 17.2 Å². The monoisotopic (exact) mass is 226 g/mol. The van der Waals surface area contributed by atoms with Crippen LogP contribution in [0.2, 0.25) is 0 Å². The van der Waals surface area contributed by atoms with E-state index in [9.17, 15) is 4.79 Å². The molecule has 4 heteroatoms. The van der Waals surface area contributed by atoms with Crippen molar-refractivity contribution in [1.82, 2.24) is 5.32 Å². The zero-order valence-electron chi connectivity index (χ0n) is 9.36. The van der Waals surface area contributed by atoms with E-state index < -0.39 is 6.04 Å². The summed E-state index contributed by atoms with van der Waals surface area (Å²) in [5, 5.41) is 4.98. The van der Waals surface area contributed by atoms with Gasteiger partial charge in [0.2, 0.25) is 5.91 Å². The lowest BCUT2D eigenvalue weighted by molar-refractivity contribution is -0.123. The fourth-order valence-electron chi connectivity index (χ4n) is 1.32. The molecule has 15 heavy (non-hydrogen) atoms. The van der Waals surface area contributed by atoms with Gasteiger partial charge in [0, 0.05) is 4.88 Å². The number of nitrogens with one attached hydrogen (secondary N) is 1. The van der Waals surface area contributed by atoms with Gasteiger partial charge in [-0.05, 0) is 24.3 Å². The second-order valence-electron chi connectivity index (χ2n) is 4.03. The number of rotatable bonds is 4. The number of carbonyl (C=O) groups excluding carboxylic acids is 1. The maximum Gasteiger partial charge on any atom is 0.237 e. The zero-order valence-corrected chi connectivity index (χ0v) is 10.2. The van der Waals surface area contributed by atoms with Gasteiger partial charge in [0.1, 0.15) is 0 Å². The molecule has 84 valence electrons. The third-order valence-corrected chi connectivity index (χ3v) is 3.18. The van der Waals surface area contributed by atoms with Gasteiger partial charge < -0.3 is 11.1 Å². The molecule has 0 bridgehead atoms. The van der Waals surface area contributed by atoms with Gasteiger partial charge in [-0.25, -0.2) is 0 Å². The van der Waals surface area contributed by atoms with Crippen molar-refractivity contribution in [3.05, 3.63) is 22.4 Å². The van der Waals surface area contributed by atoms with Crippen molar-refractivity contribution in [3.63, 3.8) is 0 Å². The van der Waals surface area contributed by atoms with Crippen LogP contribution in [-0.4, -0.2) is 11.9 Å². The van der Waals surface area contributed by atoms with Crippen molar-refractivity contribution < 1.29 is 4.79 Å². The van der Waals surface area contributed by atoms with E-state index in [0.717, 1.165) is 0 Å². The Labute approximate surface area is 94.7 Å². The van der Waals surface area contributed by atoms with Gasteiger partial charge in [-0.3, -0.25) is 4.79 Å².